The average Bonchev–Trinajstić information content (AvgIpc) is 3.44. The summed E-state index contributed by atoms with van der Waals surface area (Å²) >= 11 is 7.08. The Morgan fingerprint density at radius 2 is 1.64 bits per heavy atom. The number of nitrogens with zero attached hydrogens (tertiary/aromatic N) is 1. The summed E-state index contributed by atoms with van der Waals surface area (Å²) in [6, 6.07) is 23.2. The van der Waals surface area contributed by atoms with Crippen molar-refractivity contribution in [3.8, 4) is 5.75 Å². The smallest absolute Gasteiger partial charge is 0.261 e. The molecule has 0 aromatic heterocycles. The van der Waals surface area contributed by atoms with Crippen LogP contribution in [0.25, 0.3) is 0 Å². The molecule has 0 aliphatic heterocycles. The summed E-state index contributed by atoms with van der Waals surface area (Å²) in [5.74, 6) is 0.640. The maximum absolute atomic E-state index is 13.8. The Kier molecular flexibility index (Phi) is 10.6. The van der Waals surface area contributed by atoms with Gasteiger partial charge in [0.05, 0.1) is 4.47 Å². The highest BCUT2D eigenvalue weighted by Crippen LogP contribution is 2.29. The number of rotatable bonds is 11. The van der Waals surface area contributed by atoms with Crippen LogP contribution in [0.4, 0.5) is 0 Å². The maximum Gasteiger partial charge on any atom is 0.261 e. The van der Waals surface area contributed by atoms with E-state index in [4.69, 9.17) is 4.74 Å². The van der Waals surface area contributed by atoms with E-state index in [-0.39, 0.29) is 24.5 Å². The third kappa shape index (κ3) is 8.42. The van der Waals surface area contributed by atoms with E-state index in [1.807, 2.05) is 72.8 Å². The first kappa shape index (κ1) is 29.3. The van der Waals surface area contributed by atoms with Gasteiger partial charge < -0.3 is 15.0 Å². The van der Waals surface area contributed by atoms with Crippen molar-refractivity contribution < 1.29 is 14.3 Å². The predicted octanol–water partition coefficient (Wildman–Crippen LogP) is 7.41. The number of carbonyl (C=O) groups excluding carboxylic acids is 2. The lowest BCUT2D eigenvalue weighted by atomic mass is 10.0. The minimum absolute atomic E-state index is 0.112. The molecule has 3 aromatic carbocycles. The average molecular weight is 656 g/mol. The van der Waals surface area contributed by atoms with Crippen LogP contribution < -0.4 is 10.1 Å². The van der Waals surface area contributed by atoms with Gasteiger partial charge in [-0.15, -0.1) is 0 Å². The summed E-state index contributed by atoms with van der Waals surface area (Å²) in [5.41, 5.74) is 3.13. The second-order valence-electron chi connectivity index (χ2n) is 10.5. The summed E-state index contributed by atoms with van der Waals surface area (Å²) in [6.07, 6.45) is 4.62. The molecule has 1 aliphatic rings. The van der Waals surface area contributed by atoms with E-state index in [1.165, 1.54) is 5.56 Å². The van der Waals surface area contributed by atoms with Crippen LogP contribution in [0, 0.1) is 0 Å². The minimum atomic E-state index is -0.667. The van der Waals surface area contributed by atoms with Crippen molar-refractivity contribution >= 4 is 43.7 Å². The summed E-state index contributed by atoms with van der Waals surface area (Å²) in [5, 5.41) is 3.24. The van der Waals surface area contributed by atoms with Crippen LogP contribution in [-0.4, -0.2) is 35.4 Å². The Morgan fingerprint density at radius 1 is 0.949 bits per heavy atom. The van der Waals surface area contributed by atoms with Crippen LogP contribution in [0.2, 0.25) is 0 Å². The van der Waals surface area contributed by atoms with E-state index in [9.17, 15) is 9.59 Å². The molecule has 0 spiro atoms. The third-order valence-corrected chi connectivity index (χ3v) is 8.36. The first-order valence-corrected chi connectivity index (χ1v) is 15.2. The fourth-order valence-corrected chi connectivity index (χ4v) is 5.70. The van der Waals surface area contributed by atoms with Gasteiger partial charge in [-0.25, -0.2) is 0 Å². The van der Waals surface area contributed by atoms with Gasteiger partial charge in [0.1, 0.15) is 11.8 Å². The lowest BCUT2D eigenvalue weighted by Crippen LogP contribution is -2.53. The number of halogens is 2. The topological polar surface area (TPSA) is 58.6 Å². The monoisotopic (exact) mass is 654 g/mol. The molecule has 7 heteroatoms. The van der Waals surface area contributed by atoms with Gasteiger partial charge in [0.15, 0.2) is 6.61 Å². The van der Waals surface area contributed by atoms with Crippen molar-refractivity contribution in [3.63, 3.8) is 0 Å². The van der Waals surface area contributed by atoms with Crippen molar-refractivity contribution in [1.29, 1.82) is 0 Å². The van der Waals surface area contributed by atoms with Crippen LogP contribution >= 0.6 is 31.9 Å². The van der Waals surface area contributed by atoms with Gasteiger partial charge >= 0.3 is 0 Å². The molecule has 1 N–H and O–H groups in total. The van der Waals surface area contributed by atoms with Crippen LogP contribution in [0.15, 0.2) is 81.7 Å². The summed E-state index contributed by atoms with van der Waals surface area (Å²) in [7, 11) is 0. The standard InChI is InChI=1S/C32H36Br2N2O3/c1-22(2)25-14-17-30(28(34)19-25)39-21-31(37)36(20-24-12-15-26(33)16-13-24)29(18-23-8-4-3-5-9-23)32(38)35-27-10-6-7-11-27/h3-5,8-9,12-17,19,22,27,29H,6-7,10-11,18,20-21H2,1-2H3,(H,35,38). The van der Waals surface area contributed by atoms with Gasteiger partial charge in [-0.3, -0.25) is 9.59 Å². The van der Waals surface area contributed by atoms with E-state index in [0.29, 0.717) is 24.6 Å². The zero-order valence-corrected chi connectivity index (χ0v) is 25.7. The van der Waals surface area contributed by atoms with Crippen LogP contribution in [0.1, 0.15) is 62.1 Å². The molecule has 1 aliphatic carbocycles. The van der Waals surface area contributed by atoms with Crippen LogP contribution in [-0.2, 0) is 22.6 Å². The number of nitrogens with one attached hydrogen (secondary N) is 1. The van der Waals surface area contributed by atoms with Crippen molar-refractivity contribution in [2.45, 2.75) is 70.5 Å². The molecule has 2 amide bonds. The third-order valence-electron chi connectivity index (χ3n) is 7.21. The fourth-order valence-electron chi connectivity index (χ4n) is 4.92. The molecule has 0 saturated heterocycles. The molecular weight excluding hydrogens is 620 g/mol. The Balaban J connectivity index is 1.60. The Bertz CT molecular complexity index is 1240. The second kappa shape index (κ2) is 14.1. The van der Waals surface area contributed by atoms with Crippen molar-refractivity contribution in [1.82, 2.24) is 10.2 Å². The number of ether oxygens (including phenoxy) is 1. The summed E-state index contributed by atoms with van der Waals surface area (Å²) in [6.45, 7) is 4.40. The van der Waals surface area contributed by atoms with E-state index >= 15 is 0 Å². The van der Waals surface area contributed by atoms with E-state index in [2.05, 4.69) is 51.0 Å². The number of benzene rings is 3. The van der Waals surface area contributed by atoms with E-state index < -0.39 is 6.04 Å². The lowest BCUT2D eigenvalue weighted by molar-refractivity contribution is -0.143. The Labute approximate surface area is 248 Å². The SMILES string of the molecule is CC(C)c1ccc(OCC(=O)N(Cc2ccc(Br)cc2)C(Cc2ccccc2)C(=O)NC2CCCC2)c(Br)c1. The van der Waals surface area contributed by atoms with E-state index in [1.54, 1.807) is 4.90 Å². The molecule has 1 fully saturated rings. The van der Waals surface area contributed by atoms with Crippen LogP contribution in [0.3, 0.4) is 0 Å². The largest absolute Gasteiger partial charge is 0.483 e. The molecule has 1 atom stereocenters. The minimum Gasteiger partial charge on any atom is -0.483 e. The number of hydrogen-bond donors (Lipinski definition) is 1. The molecule has 4 rings (SSSR count). The van der Waals surface area contributed by atoms with Crippen molar-refractivity contribution in [2.75, 3.05) is 6.61 Å². The van der Waals surface area contributed by atoms with Gasteiger partial charge in [-0.2, -0.15) is 0 Å². The highest BCUT2D eigenvalue weighted by molar-refractivity contribution is 9.10. The molecule has 0 bridgehead atoms. The molecule has 3 aromatic rings. The zero-order chi connectivity index (χ0) is 27.8. The molecule has 5 nitrogen and oxygen atoms in total. The van der Waals surface area contributed by atoms with Crippen molar-refractivity contribution in [3.05, 3.63) is 98.4 Å². The molecule has 39 heavy (non-hydrogen) atoms. The van der Waals surface area contributed by atoms with Gasteiger partial charge in [0, 0.05) is 23.5 Å². The fraction of sp³-hybridized carbons (Fsp3) is 0.375. The number of hydrogen-bond acceptors (Lipinski definition) is 3. The number of amides is 2. The molecule has 0 heterocycles. The summed E-state index contributed by atoms with van der Waals surface area (Å²) in [4.78, 5) is 29.3. The zero-order valence-electron chi connectivity index (χ0n) is 22.5. The second-order valence-corrected chi connectivity index (χ2v) is 12.2. The van der Waals surface area contributed by atoms with Crippen molar-refractivity contribution in [2.24, 2.45) is 0 Å². The Hall–Kier alpha value is -2.64. The van der Waals surface area contributed by atoms with E-state index in [0.717, 1.165) is 45.8 Å². The first-order chi connectivity index (χ1) is 18.8. The summed E-state index contributed by atoms with van der Waals surface area (Å²) < 4.78 is 7.77. The predicted molar refractivity (Wildman–Crippen MR) is 163 cm³/mol. The van der Waals surface area contributed by atoms with Gasteiger partial charge in [0.2, 0.25) is 5.91 Å². The molecule has 206 valence electrons. The first-order valence-electron chi connectivity index (χ1n) is 13.6. The highest BCUT2D eigenvalue weighted by atomic mass is 79.9. The maximum atomic E-state index is 13.8. The molecule has 1 unspecified atom stereocenters. The lowest BCUT2D eigenvalue weighted by Gasteiger charge is -2.32. The normalized spacial score (nSPS) is 14.3. The quantitative estimate of drug-likeness (QED) is 0.234. The molecule has 1 saturated carbocycles. The molecule has 0 radical (unpaired) electrons. The number of carbonyl (C=O) groups is 2. The van der Waals surface area contributed by atoms with Gasteiger partial charge in [-0.05, 0) is 75.6 Å². The van der Waals surface area contributed by atoms with Gasteiger partial charge in [0.25, 0.3) is 5.91 Å². The Morgan fingerprint density at radius 3 is 2.28 bits per heavy atom. The van der Waals surface area contributed by atoms with Crippen LogP contribution in [0.5, 0.6) is 5.75 Å². The highest BCUT2D eigenvalue weighted by Gasteiger charge is 2.32. The van der Waals surface area contributed by atoms with Gasteiger partial charge in [-0.1, -0.05) is 91.1 Å². The molecular formula is C32H36Br2N2O3.